The van der Waals surface area contributed by atoms with Gasteiger partial charge in [0.15, 0.2) is 0 Å². The van der Waals surface area contributed by atoms with Gasteiger partial charge in [-0.05, 0) is 48.5 Å². The van der Waals surface area contributed by atoms with Crippen LogP contribution >= 0.6 is 15.0 Å². The average Bonchev–Trinajstić information content (AvgIpc) is 3.09. The number of rotatable bonds is 4. The topological polar surface area (TPSA) is 92.2 Å². The molecule has 0 spiro atoms. The summed E-state index contributed by atoms with van der Waals surface area (Å²) in [7, 11) is -3.40. The molecule has 3 atom stereocenters. The van der Waals surface area contributed by atoms with Crippen molar-refractivity contribution in [3.63, 3.8) is 0 Å². The molecule has 2 aromatic heterocycles. The summed E-state index contributed by atoms with van der Waals surface area (Å²) < 4.78 is 30.1. The fraction of sp³-hybridized carbons (Fsp3) is 0.667. The Morgan fingerprint density at radius 2 is 1.19 bits per heavy atom. The van der Waals surface area contributed by atoms with E-state index in [0.29, 0.717) is 6.42 Å². The fourth-order valence-electron chi connectivity index (χ4n) is 2.26. The van der Waals surface area contributed by atoms with Gasteiger partial charge >= 0.3 is 15.0 Å². The third kappa shape index (κ3) is 15.1. The number of hydrogen-bond acceptors (Lipinski definition) is 2. The van der Waals surface area contributed by atoms with Crippen LogP contribution in [0.15, 0.2) is 0 Å². The monoisotopic (exact) mass is 1160 g/mol. The first-order valence-corrected chi connectivity index (χ1v) is 13.3. The Balaban J connectivity index is -0.000000113. The summed E-state index contributed by atoms with van der Waals surface area (Å²) in [4.78, 5) is 20.0. The molecule has 2 N–H and O–H groups in total. The van der Waals surface area contributed by atoms with Crippen LogP contribution in [-0.2, 0) is 188 Å². The number of aromatic nitrogens is 4. The van der Waals surface area contributed by atoms with Crippen LogP contribution in [0.2, 0.25) is 0 Å². The molecule has 2 rings (SSSR count). The minimum Gasteiger partial charge on any atom is -0.517 e. The Morgan fingerprint density at radius 3 is 1.46 bits per heavy atom. The Bertz CT molecular complexity index is 1010. The zero-order chi connectivity index (χ0) is 24.6. The van der Waals surface area contributed by atoms with E-state index in [4.69, 9.17) is 0 Å². The minimum absolute atomic E-state index is 0. The van der Waals surface area contributed by atoms with E-state index in [-0.39, 0.29) is 165 Å². The molecular formula is C21H37N4O4P2VW2Y3-3. The van der Waals surface area contributed by atoms with E-state index >= 15 is 0 Å². The van der Waals surface area contributed by atoms with Gasteiger partial charge in [0.1, 0.15) is 0 Å². The van der Waals surface area contributed by atoms with E-state index in [1.165, 1.54) is 8.68 Å². The quantitative estimate of drug-likeness (QED) is 0.281. The van der Waals surface area contributed by atoms with Crippen molar-refractivity contribution in [2.75, 3.05) is 0 Å². The minimum atomic E-state index is -3.51. The smallest absolute Gasteiger partial charge is 0.321 e. The van der Waals surface area contributed by atoms with E-state index in [9.17, 15) is 18.9 Å². The van der Waals surface area contributed by atoms with Crippen molar-refractivity contribution in [1.82, 2.24) is 8.68 Å². The van der Waals surface area contributed by atoms with Gasteiger partial charge in [0.05, 0.1) is 10.3 Å². The van der Waals surface area contributed by atoms with Crippen LogP contribution in [0.5, 0.6) is 0 Å². The maximum absolute atomic E-state index is 12.3. The van der Waals surface area contributed by atoms with Crippen LogP contribution in [0.1, 0.15) is 59.9 Å². The third-order valence-corrected chi connectivity index (χ3v) is 9.69. The van der Waals surface area contributed by atoms with E-state index in [1.807, 2.05) is 13.8 Å². The largest absolute Gasteiger partial charge is 0.517 e. The van der Waals surface area contributed by atoms with Crippen molar-refractivity contribution in [2.24, 2.45) is 20.0 Å². The van der Waals surface area contributed by atoms with Gasteiger partial charge in [0.2, 0.25) is 0 Å². The van der Waals surface area contributed by atoms with Crippen molar-refractivity contribution < 1.29 is 187 Å². The molecule has 2 aromatic rings. The zero-order valence-electron chi connectivity index (χ0n) is 23.4. The van der Waals surface area contributed by atoms with E-state index in [2.05, 4.69) is 32.0 Å². The Morgan fingerprint density at radius 1 is 0.865 bits per heavy atom. The van der Waals surface area contributed by atoms with Gasteiger partial charge in [0, 0.05) is 173 Å². The van der Waals surface area contributed by atoms with Crippen molar-refractivity contribution in [3.8, 4) is 0 Å². The Hall–Kier alpha value is 4.07. The van der Waals surface area contributed by atoms with E-state index in [0.717, 1.165) is 11.4 Å². The summed E-state index contributed by atoms with van der Waals surface area (Å²) in [6.45, 7) is 18.1. The van der Waals surface area contributed by atoms with Gasteiger partial charge in [0.25, 0.3) is 0 Å². The van der Waals surface area contributed by atoms with Crippen molar-refractivity contribution in [2.45, 2.75) is 72.1 Å². The summed E-state index contributed by atoms with van der Waals surface area (Å²) in [6, 6.07) is 0. The number of aryl methyl sites for hydroxylation is 3. The molecule has 0 aliphatic heterocycles. The molecule has 0 bridgehead atoms. The molecule has 16 heteroatoms. The molecule has 0 amide bonds. The summed E-state index contributed by atoms with van der Waals surface area (Å²) in [5, 5.41) is -1.42. The van der Waals surface area contributed by atoms with Crippen LogP contribution in [0.4, 0.5) is 0 Å². The van der Waals surface area contributed by atoms with Gasteiger partial charge in [-0.1, -0.05) is 24.7 Å². The third-order valence-electron chi connectivity index (χ3n) is 4.73. The number of hydrogen-bond donors (Lipinski definition) is 2. The number of imidazole rings is 2. The molecule has 37 heavy (non-hydrogen) atoms. The standard InChI is InChI=1S/C12H21N2O2P.C9H16N2O2P.V.2W.3Y/c1-10(2)7-11-8-14(9-13(11)6)17(15,16)12(3,4)5;1-8-6-11(7-10(8)5)14(12,13)9(2,3)4;;;;;;/h10H,1,7H2,2-6H3,(H,15,16);1-5H3,(H,12,13);;;;;;/q-2;-1;;;;;;. The first kappa shape index (κ1) is 53.6. The second kappa shape index (κ2) is 20.9. The molecule has 8 nitrogen and oxygen atoms in total. The molecule has 3 unspecified atom stereocenters. The molecule has 0 fully saturated rings. The molecule has 0 aromatic carbocycles. The van der Waals surface area contributed by atoms with E-state index in [1.54, 1.807) is 64.8 Å². The molecule has 204 valence electrons. The summed E-state index contributed by atoms with van der Waals surface area (Å²) >= 11 is 0. The summed E-state index contributed by atoms with van der Waals surface area (Å²) in [5.41, 5.74) is 1.62. The Labute approximate surface area is 340 Å². The first-order chi connectivity index (χ1) is 13.7. The van der Waals surface area contributed by atoms with Gasteiger partial charge in [-0.2, -0.15) is 5.92 Å². The molecule has 0 aliphatic carbocycles. The SMILES string of the molecule is Cc1[c-]n(P(=O)(O)C(C)(C)C)[c-][n+]1C.[CH2-]C(C)Cc1[c-]n(P(=O)(O)C(C)(C)C)[c-][n+]1C.[V].[W].[W].[Y].[Y].[Y]. The van der Waals surface area contributed by atoms with Crippen LogP contribution < -0.4 is 9.13 Å². The first-order valence-electron chi connectivity index (χ1n) is 10.0. The predicted molar refractivity (Wildman–Crippen MR) is 119 cm³/mol. The molecule has 2 heterocycles. The second-order valence-electron chi connectivity index (χ2n) is 9.94. The molecule has 0 aliphatic rings. The Kier molecular flexibility index (Phi) is 30.3. The number of nitrogens with zero attached hydrogens (tertiary/aromatic N) is 4. The average molecular weight is 1160 g/mol. The van der Waals surface area contributed by atoms with Crippen LogP contribution in [0.25, 0.3) is 0 Å². The summed E-state index contributed by atoms with van der Waals surface area (Å²) in [5.74, 6) is 0.231. The molecule has 4 radical (unpaired) electrons. The van der Waals surface area contributed by atoms with Crippen molar-refractivity contribution in [1.29, 1.82) is 0 Å². The van der Waals surface area contributed by atoms with Gasteiger partial charge in [-0.15, -0.1) is 12.7 Å². The van der Waals surface area contributed by atoms with Gasteiger partial charge in [-0.25, -0.2) is 9.13 Å². The second-order valence-corrected chi connectivity index (χ2v) is 15.6. The zero-order valence-corrected chi connectivity index (χ0v) is 40.9. The summed E-state index contributed by atoms with van der Waals surface area (Å²) in [6.07, 6.45) is 12.0. The molecule has 0 saturated carbocycles. The van der Waals surface area contributed by atoms with Gasteiger partial charge < -0.3 is 34.5 Å². The van der Waals surface area contributed by atoms with Gasteiger partial charge in [-0.3, -0.25) is 12.4 Å². The predicted octanol–water partition coefficient (Wildman–Crippen LogP) is 2.80. The van der Waals surface area contributed by atoms with Crippen molar-refractivity contribution in [3.05, 3.63) is 43.4 Å². The van der Waals surface area contributed by atoms with Crippen LogP contribution in [0, 0.1) is 44.8 Å². The van der Waals surface area contributed by atoms with Crippen LogP contribution in [0.3, 0.4) is 0 Å². The molecular weight excluding hydrogens is 1120 g/mol. The normalized spacial score (nSPS) is 14.5. The molecule has 0 saturated heterocycles. The van der Waals surface area contributed by atoms with Crippen molar-refractivity contribution >= 4 is 15.0 Å². The maximum atomic E-state index is 12.3. The maximum Gasteiger partial charge on any atom is 0.321 e. The fourth-order valence-corrected chi connectivity index (χ4v) is 4.51. The van der Waals surface area contributed by atoms with E-state index < -0.39 is 25.4 Å². The van der Waals surface area contributed by atoms with Crippen LogP contribution in [-0.4, -0.2) is 28.8 Å².